The Morgan fingerprint density at radius 1 is 1.42 bits per heavy atom. The first-order valence-corrected chi connectivity index (χ1v) is 4.54. The van der Waals surface area contributed by atoms with Gasteiger partial charge in [0.15, 0.2) is 0 Å². The highest BCUT2D eigenvalue weighted by Gasteiger charge is 2.11. The zero-order chi connectivity index (χ0) is 9.56. The van der Waals surface area contributed by atoms with Crippen LogP contribution in [-0.2, 0) is 4.74 Å². The average molecular weight is 175 g/mol. The molecule has 74 valence electrons. The van der Waals surface area contributed by atoms with Gasteiger partial charge in [-0.3, -0.25) is 0 Å². The maximum absolute atomic E-state index is 8.94. The fraction of sp³-hybridized carbons (Fsp3) is 1.00. The van der Waals surface area contributed by atoms with E-state index in [1.165, 1.54) is 0 Å². The van der Waals surface area contributed by atoms with E-state index in [0.717, 1.165) is 6.54 Å². The summed E-state index contributed by atoms with van der Waals surface area (Å²) in [7, 11) is 2.03. The molecule has 0 radical (unpaired) electrons. The molecular formula is C9H21NO2. The van der Waals surface area contributed by atoms with Crippen molar-refractivity contribution in [3.8, 4) is 0 Å². The molecule has 0 aliphatic rings. The van der Waals surface area contributed by atoms with Crippen molar-refractivity contribution in [2.45, 2.75) is 32.9 Å². The van der Waals surface area contributed by atoms with Gasteiger partial charge in [0, 0.05) is 19.2 Å². The summed E-state index contributed by atoms with van der Waals surface area (Å²) in [6.07, 6.45) is -0.0394. The van der Waals surface area contributed by atoms with Crippen molar-refractivity contribution in [2.75, 3.05) is 26.8 Å². The Hall–Kier alpha value is -0.120. The van der Waals surface area contributed by atoms with E-state index in [0.29, 0.717) is 12.6 Å². The molecule has 12 heavy (non-hydrogen) atoms. The molecule has 1 atom stereocenters. The van der Waals surface area contributed by atoms with Crippen LogP contribution in [0.3, 0.4) is 0 Å². The minimum atomic E-state index is -0.0394. The van der Waals surface area contributed by atoms with Crippen LogP contribution in [0.25, 0.3) is 0 Å². The number of likely N-dealkylation sites (N-methyl/N-ethyl adjacent to an activating group) is 1. The van der Waals surface area contributed by atoms with Gasteiger partial charge < -0.3 is 14.7 Å². The molecule has 0 aromatic rings. The first kappa shape index (κ1) is 11.9. The topological polar surface area (TPSA) is 32.7 Å². The second-order valence-corrected chi connectivity index (χ2v) is 3.29. The van der Waals surface area contributed by atoms with E-state index < -0.39 is 0 Å². The predicted octanol–water partition coefficient (Wildman–Crippen LogP) is 0.724. The molecule has 0 unspecified atom stereocenters. The van der Waals surface area contributed by atoms with E-state index in [4.69, 9.17) is 9.84 Å². The highest BCUT2D eigenvalue weighted by Crippen LogP contribution is 1.98. The quantitative estimate of drug-likeness (QED) is 0.646. The Morgan fingerprint density at radius 3 is 2.33 bits per heavy atom. The van der Waals surface area contributed by atoms with E-state index in [1.54, 1.807) is 0 Å². The molecule has 3 heteroatoms. The molecule has 0 saturated carbocycles. The normalized spacial score (nSPS) is 14.2. The van der Waals surface area contributed by atoms with Crippen LogP contribution in [0, 0.1) is 0 Å². The van der Waals surface area contributed by atoms with Crippen LogP contribution in [0.15, 0.2) is 0 Å². The average Bonchev–Trinajstić information content (AvgIpc) is 2.03. The fourth-order valence-corrected chi connectivity index (χ4v) is 0.931. The van der Waals surface area contributed by atoms with E-state index in [-0.39, 0.29) is 12.7 Å². The fourth-order valence-electron chi connectivity index (χ4n) is 0.931. The predicted molar refractivity (Wildman–Crippen MR) is 50.3 cm³/mol. The minimum absolute atomic E-state index is 0.0394. The van der Waals surface area contributed by atoms with Gasteiger partial charge in [-0.25, -0.2) is 0 Å². The largest absolute Gasteiger partial charge is 0.394 e. The number of hydrogen-bond acceptors (Lipinski definition) is 3. The summed E-state index contributed by atoms with van der Waals surface area (Å²) < 4.78 is 5.32. The van der Waals surface area contributed by atoms with E-state index in [1.807, 2.05) is 14.0 Å². The van der Waals surface area contributed by atoms with Crippen molar-refractivity contribution >= 4 is 0 Å². The maximum atomic E-state index is 8.94. The number of hydrogen-bond donors (Lipinski definition) is 1. The molecular weight excluding hydrogens is 154 g/mol. The van der Waals surface area contributed by atoms with E-state index in [9.17, 15) is 0 Å². The summed E-state index contributed by atoms with van der Waals surface area (Å²) >= 11 is 0. The van der Waals surface area contributed by atoms with Gasteiger partial charge in [0.2, 0.25) is 0 Å². The van der Waals surface area contributed by atoms with Crippen molar-refractivity contribution in [3.05, 3.63) is 0 Å². The molecule has 0 saturated heterocycles. The Labute approximate surface area is 75.3 Å². The van der Waals surface area contributed by atoms with Crippen LogP contribution in [0.2, 0.25) is 0 Å². The number of nitrogens with zero attached hydrogens (tertiary/aromatic N) is 1. The van der Waals surface area contributed by atoms with E-state index >= 15 is 0 Å². The lowest BCUT2D eigenvalue weighted by atomic mass is 10.3. The molecule has 0 spiro atoms. The van der Waals surface area contributed by atoms with Crippen molar-refractivity contribution in [2.24, 2.45) is 0 Å². The third-order valence-corrected chi connectivity index (χ3v) is 1.98. The number of rotatable bonds is 6. The zero-order valence-corrected chi connectivity index (χ0v) is 8.58. The van der Waals surface area contributed by atoms with Crippen LogP contribution < -0.4 is 0 Å². The molecule has 0 rings (SSSR count). The van der Waals surface area contributed by atoms with Gasteiger partial charge in [0.05, 0.1) is 12.7 Å². The number of aliphatic hydroxyl groups is 1. The zero-order valence-electron chi connectivity index (χ0n) is 8.58. The number of ether oxygens (including phenoxy) is 1. The molecule has 0 aliphatic heterocycles. The van der Waals surface area contributed by atoms with Gasteiger partial charge in [-0.15, -0.1) is 0 Å². The van der Waals surface area contributed by atoms with Gasteiger partial charge in [-0.2, -0.15) is 0 Å². The summed E-state index contributed by atoms with van der Waals surface area (Å²) in [5, 5.41) is 8.94. The lowest BCUT2D eigenvalue weighted by Gasteiger charge is -2.25. The Kier molecular flexibility index (Phi) is 6.34. The molecule has 0 fully saturated rings. The highest BCUT2D eigenvalue weighted by atomic mass is 16.5. The second kappa shape index (κ2) is 6.40. The van der Waals surface area contributed by atoms with Crippen molar-refractivity contribution in [1.29, 1.82) is 0 Å². The third-order valence-electron chi connectivity index (χ3n) is 1.98. The van der Waals surface area contributed by atoms with Gasteiger partial charge in [0.25, 0.3) is 0 Å². The first-order chi connectivity index (χ1) is 5.61. The van der Waals surface area contributed by atoms with Gasteiger partial charge in [0.1, 0.15) is 0 Å². The van der Waals surface area contributed by atoms with Crippen LogP contribution in [-0.4, -0.2) is 49.0 Å². The maximum Gasteiger partial charge on any atom is 0.0932 e. The third kappa shape index (κ3) is 4.70. The van der Waals surface area contributed by atoms with E-state index in [2.05, 4.69) is 18.7 Å². The highest BCUT2D eigenvalue weighted by molar-refractivity contribution is 4.64. The van der Waals surface area contributed by atoms with Crippen molar-refractivity contribution < 1.29 is 9.84 Å². The molecule has 0 aromatic carbocycles. The molecule has 0 heterocycles. The van der Waals surface area contributed by atoms with Gasteiger partial charge in [-0.1, -0.05) is 0 Å². The Balaban J connectivity index is 3.68. The molecule has 0 aromatic heterocycles. The molecule has 0 aliphatic carbocycles. The monoisotopic (exact) mass is 175 g/mol. The SMILES string of the molecule is CCO[C@H](CO)CN(C)C(C)C. The van der Waals surface area contributed by atoms with Crippen LogP contribution in [0.1, 0.15) is 20.8 Å². The molecule has 3 nitrogen and oxygen atoms in total. The summed E-state index contributed by atoms with van der Waals surface area (Å²) in [6, 6.07) is 0.500. The van der Waals surface area contributed by atoms with Crippen molar-refractivity contribution in [1.82, 2.24) is 4.90 Å². The van der Waals surface area contributed by atoms with Gasteiger partial charge >= 0.3 is 0 Å². The summed E-state index contributed by atoms with van der Waals surface area (Å²) in [5.74, 6) is 0. The first-order valence-electron chi connectivity index (χ1n) is 4.54. The van der Waals surface area contributed by atoms with Gasteiger partial charge in [-0.05, 0) is 27.8 Å². The standard InChI is InChI=1S/C9H21NO2/c1-5-12-9(7-11)6-10(4)8(2)3/h8-9,11H,5-7H2,1-4H3/t9-/m0/s1. The minimum Gasteiger partial charge on any atom is -0.394 e. The smallest absolute Gasteiger partial charge is 0.0932 e. The number of aliphatic hydroxyl groups excluding tert-OH is 1. The summed E-state index contributed by atoms with van der Waals surface area (Å²) in [6.45, 7) is 7.75. The Bertz CT molecular complexity index is 107. The summed E-state index contributed by atoms with van der Waals surface area (Å²) in [4.78, 5) is 2.16. The van der Waals surface area contributed by atoms with Crippen molar-refractivity contribution in [3.63, 3.8) is 0 Å². The Morgan fingerprint density at radius 2 is 2.00 bits per heavy atom. The lowest BCUT2D eigenvalue weighted by molar-refractivity contribution is -0.00247. The molecule has 1 N–H and O–H groups in total. The molecule has 0 bridgehead atoms. The van der Waals surface area contributed by atoms with Crippen LogP contribution in [0.4, 0.5) is 0 Å². The van der Waals surface area contributed by atoms with Crippen LogP contribution >= 0.6 is 0 Å². The lowest BCUT2D eigenvalue weighted by Crippen LogP contribution is -2.37. The summed E-state index contributed by atoms with van der Waals surface area (Å²) in [5.41, 5.74) is 0. The second-order valence-electron chi connectivity index (χ2n) is 3.29. The van der Waals surface area contributed by atoms with Crippen LogP contribution in [0.5, 0.6) is 0 Å². The molecule has 0 amide bonds.